The van der Waals surface area contributed by atoms with Crippen molar-refractivity contribution >= 4 is 17.9 Å². The van der Waals surface area contributed by atoms with Crippen molar-refractivity contribution in [1.29, 1.82) is 0 Å². The van der Waals surface area contributed by atoms with Crippen LogP contribution < -0.4 is 0 Å². The summed E-state index contributed by atoms with van der Waals surface area (Å²) in [6.07, 6.45) is 81.4. The lowest BCUT2D eigenvalue weighted by Gasteiger charge is -2.18. The molecule has 0 rings (SSSR count). The Kier molecular flexibility index (Phi) is 62.6. The van der Waals surface area contributed by atoms with Crippen LogP contribution in [-0.2, 0) is 28.6 Å². The molecule has 0 spiro atoms. The number of carbonyl (C=O) groups is 3. The van der Waals surface area contributed by atoms with Gasteiger partial charge in [0.05, 0.1) is 0 Å². The summed E-state index contributed by atoms with van der Waals surface area (Å²) in [6, 6.07) is 0. The second kappa shape index (κ2) is 64.9. The van der Waals surface area contributed by atoms with E-state index in [1.807, 2.05) is 0 Å². The highest BCUT2D eigenvalue weighted by molar-refractivity contribution is 5.71. The first-order chi connectivity index (χ1) is 37.5. The first-order valence-corrected chi connectivity index (χ1v) is 33.6. The number of allylic oxidation sites excluding steroid dienone is 8. The SMILES string of the molecule is CC/C=C\C/C=C\C/C=C\C/C=C\CCCCCCCCCCCCCCCCC(=O)OCC(COC(=O)CCCCCCCCCCCC)OC(=O)CCCCCCCCCCCCCCCCCCCCCCC. The van der Waals surface area contributed by atoms with Gasteiger partial charge in [0.2, 0.25) is 0 Å². The Labute approximate surface area is 473 Å². The van der Waals surface area contributed by atoms with Crippen LogP contribution in [-0.4, -0.2) is 37.2 Å². The summed E-state index contributed by atoms with van der Waals surface area (Å²) in [7, 11) is 0. The van der Waals surface area contributed by atoms with Crippen molar-refractivity contribution in [3.63, 3.8) is 0 Å². The quantitative estimate of drug-likeness (QED) is 0.0261. The van der Waals surface area contributed by atoms with Gasteiger partial charge in [0.1, 0.15) is 13.2 Å². The molecule has 0 bridgehead atoms. The van der Waals surface area contributed by atoms with Crippen LogP contribution in [0.2, 0.25) is 0 Å². The van der Waals surface area contributed by atoms with Crippen LogP contribution in [0, 0.1) is 0 Å². The highest BCUT2D eigenvalue weighted by Gasteiger charge is 2.19. The summed E-state index contributed by atoms with van der Waals surface area (Å²) in [5.41, 5.74) is 0. The van der Waals surface area contributed by atoms with Gasteiger partial charge in [-0.2, -0.15) is 0 Å². The molecule has 0 N–H and O–H groups in total. The minimum Gasteiger partial charge on any atom is -0.462 e. The number of hydrogen-bond acceptors (Lipinski definition) is 6. The number of hydrogen-bond donors (Lipinski definition) is 0. The average Bonchev–Trinajstić information content (AvgIpc) is 3.42. The fourth-order valence-corrected chi connectivity index (χ4v) is 10.1. The van der Waals surface area contributed by atoms with E-state index in [9.17, 15) is 14.4 Å². The van der Waals surface area contributed by atoms with E-state index in [2.05, 4.69) is 69.4 Å². The van der Waals surface area contributed by atoms with Crippen molar-refractivity contribution in [2.45, 2.75) is 367 Å². The second-order valence-corrected chi connectivity index (χ2v) is 22.7. The van der Waals surface area contributed by atoms with Gasteiger partial charge in [-0.05, 0) is 57.8 Å². The monoisotopic (exact) mass is 1060 g/mol. The maximum Gasteiger partial charge on any atom is 0.306 e. The first kappa shape index (κ1) is 73.4. The van der Waals surface area contributed by atoms with Crippen LogP contribution in [0.4, 0.5) is 0 Å². The summed E-state index contributed by atoms with van der Waals surface area (Å²) in [5.74, 6) is -0.844. The Balaban J connectivity index is 4.16. The van der Waals surface area contributed by atoms with Gasteiger partial charge in [0.25, 0.3) is 0 Å². The molecule has 444 valence electrons. The number of rotatable bonds is 62. The van der Waals surface area contributed by atoms with Gasteiger partial charge < -0.3 is 14.2 Å². The van der Waals surface area contributed by atoms with Gasteiger partial charge in [-0.25, -0.2) is 0 Å². The van der Waals surface area contributed by atoms with Crippen LogP contribution in [0.25, 0.3) is 0 Å². The van der Waals surface area contributed by atoms with E-state index < -0.39 is 6.10 Å². The lowest BCUT2D eigenvalue weighted by atomic mass is 10.0. The minimum atomic E-state index is -0.768. The third-order valence-corrected chi connectivity index (χ3v) is 15.1. The topological polar surface area (TPSA) is 78.9 Å². The zero-order valence-electron chi connectivity index (χ0n) is 51.0. The van der Waals surface area contributed by atoms with E-state index in [0.717, 1.165) is 83.5 Å². The zero-order valence-corrected chi connectivity index (χ0v) is 51.0. The normalized spacial score (nSPS) is 12.3. The fraction of sp³-hybridized carbons (Fsp3) is 0.843. The predicted molar refractivity (Wildman–Crippen MR) is 330 cm³/mol. The maximum atomic E-state index is 12.9. The Morgan fingerprint density at radius 2 is 0.513 bits per heavy atom. The van der Waals surface area contributed by atoms with E-state index in [4.69, 9.17) is 14.2 Å². The molecule has 0 aromatic heterocycles. The smallest absolute Gasteiger partial charge is 0.306 e. The number of ether oxygens (including phenoxy) is 3. The molecule has 0 heterocycles. The number of carbonyl (C=O) groups excluding carboxylic acids is 3. The van der Waals surface area contributed by atoms with Crippen LogP contribution in [0.15, 0.2) is 48.6 Å². The van der Waals surface area contributed by atoms with Crippen molar-refractivity contribution in [2.75, 3.05) is 13.2 Å². The van der Waals surface area contributed by atoms with E-state index >= 15 is 0 Å². The molecule has 0 saturated heterocycles. The summed E-state index contributed by atoms with van der Waals surface area (Å²) < 4.78 is 16.9. The van der Waals surface area contributed by atoms with Gasteiger partial charge in [-0.3, -0.25) is 14.4 Å². The number of esters is 3. The molecule has 0 radical (unpaired) electrons. The molecule has 6 heteroatoms. The van der Waals surface area contributed by atoms with Crippen LogP contribution in [0.1, 0.15) is 361 Å². The van der Waals surface area contributed by atoms with Crippen LogP contribution >= 0.6 is 0 Å². The summed E-state index contributed by atoms with van der Waals surface area (Å²) >= 11 is 0. The van der Waals surface area contributed by atoms with Crippen LogP contribution in [0.3, 0.4) is 0 Å². The molecular formula is C70H128O6. The predicted octanol–water partition coefficient (Wildman–Crippen LogP) is 22.9. The third-order valence-electron chi connectivity index (χ3n) is 15.1. The fourth-order valence-electron chi connectivity index (χ4n) is 10.1. The molecule has 1 atom stereocenters. The van der Waals surface area contributed by atoms with E-state index in [-0.39, 0.29) is 31.1 Å². The lowest BCUT2D eigenvalue weighted by molar-refractivity contribution is -0.167. The minimum absolute atomic E-state index is 0.0668. The Hall–Kier alpha value is -2.63. The van der Waals surface area contributed by atoms with Crippen molar-refractivity contribution in [1.82, 2.24) is 0 Å². The van der Waals surface area contributed by atoms with Crippen molar-refractivity contribution in [3.05, 3.63) is 48.6 Å². The van der Waals surface area contributed by atoms with Crippen molar-refractivity contribution < 1.29 is 28.6 Å². The zero-order chi connectivity index (χ0) is 55.0. The summed E-state index contributed by atoms with van der Waals surface area (Å²) in [6.45, 7) is 6.58. The van der Waals surface area contributed by atoms with Gasteiger partial charge in [0.15, 0.2) is 6.10 Å². The van der Waals surface area contributed by atoms with Gasteiger partial charge >= 0.3 is 17.9 Å². The van der Waals surface area contributed by atoms with Crippen molar-refractivity contribution in [3.8, 4) is 0 Å². The Morgan fingerprint density at radius 1 is 0.276 bits per heavy atom. The second-order valence-electron chi connectivity index (χ2n) is 22.7. The summed E-state index contributed by atoms with van der Waals surface area (Å²) in [5, 5.41) is 0. The first-order valence-electron chi connectivity index (χ1n) is 33.6. The van der Waals surface area contributed by atoms with E-state index in [0.29, 0.717) is 19.3 Å². The number of unbranched alkanes of at least 4 members (excludes halogenated alkanes) is 43. The Bertz CT molecular complexity index is 1310. The molecule has 6 nitrogen and oxygen atoms in total. The Morgan fingerprint density at radius 3 is 0.803 bits per heavy atom. The van der Waals surface area contributed by atoms with Gasteiger partial charge in [-0.1, -0.05) is 333 Å². The standard InChI is InChI=1S/C70H128O6/c1-4-7-10-13-16-19-22-24-26-28-30-32-33-34-35-36-37-39-40-42-44-46-48-51-54-57-60-63-69(72)75-66-67(65-74-68(71)62-59-56-53-50-21-18-15-12-9-6-3)76-70(73)64-61-58-55-52-49-47-45-43-41-38-31-29-27-25-23-20-17-14-11-8-5-2/h7,10,16,19,24,26,30,32,67H,4-6,8-9,11-15,17-18,20-23,25,27-29,31,33-66H2,1-3H3/b10-7-,19-16-,26-24-,32-30-. The molecule has 0 aliphatic carbocycles. The molecule has 76 heavy (non-hydrogen) atoms. The van der Waals surface area contributed by atoms with Crippen LogP contribution in [0.5, 0.6) is 0 Å². The highest BCUT2D eigenvalue weighted by atomic mass is 16.6. The summed E-state index contributed by atoms with van der Waals surface area (Å²) in [4.78, 5) is 38.3. The average molecular weight is 1070 g/mol. The molecule has 0 saturated carbocycles. The maximum absolute atomic E-state index is 12.9. The highest BCUT2D eigenvalue weighted by Crippen LogP contribution is 2.18. The van der Waals surface area contributed by atoms with Crippen molar-refractivity contribution in [2.24, 2.45) is 0 Å². The molecule has 0 fully saturated rings. The van der Waals surface area contributed by atoms with Gasteiger partial charge in [0, 0.05) is 19.3 Å². The van der Waals surface area contributed by atoms with E-state index in [1.54, 1.807) is 0 Å². The third kappa shape index (κ3) is 62.2. The lowest BCUT2D eigenvalue weighted by Crippen LogP contribution is -2.30. The van der Waals surface area contributed by atoms with E-state index in [1.165, 1.54) is 238 Å². The molecule has 1 unspecified atom stereocenters. The molecule has 0 aliphatic heterocycles. The largest absolute Gasteiger partial charge is 0.462 e. The molecule has 0 amide bonds. The molecule has 0 aromatic carbocycles. The molecular weight excluding hydrogens is 937 g/mol. The molecule has 0 aliphatic rings. The molecule has 0 aromatic rings. The van der Waals surface area contributed by atoms with Gasteiger partial charge in [-0.15, -0.1) is 0 Å².